The second-order valence-corrected chi connectivity index (χ2v) is 5.99. The molecule has 124 valence electrons. The Hall–Kier alpha value is -0.690. The lowest BCUT2D eigenvalue weighted by Gasteiger charge is -2.27. The van der Waals surface area contributed by atoms with E-state index in [0.29, 0.717) is 19.1 Å². The first-order chi connectivity index (χ1) is 10.1. The van der Waals surface area contributed by atoms with Gasteiger partial charge in [-0.25, -0.2) is 0 Å². The maximum atomic E-state index is 12.1. The summed E-state index contributed by atoms with van der Waals surface area (Å²) in [6, 6.07) is -0.0752. The first-order valence-electron chi connectivity index (χ1n) is 8.01. The van der Waals surface area contributed by atoms with Crippen molar-refractivity contribution in [2.45, 2.75) is 26.3 Å². The first-order valence-corrected chi connectivity index (χ1v) is 8.01. The minimum Gasteiger partial charge on any atom is -0.383 e. The molecule has 1 rings (SSSR count). The number of methoxy groups -OCH3 is 1. The first kappa shape index (κ1) is 18.4. The van der Waals surface area contributed by atoms with Crippen LogP contribution in [0.1, 0.15) is 20.3 Å². The van der Waals surface area contributed by atoms with E-state index in [1.54, 1.807) is 7.11 Å². The molecular weight excluding hydrogens is 268 g/mol. The Bertz CT molecular complexity index is 301. The van der Waals surface area contributed by atoms with Gasteiger partial charge in [0.05, 0.1) is 12.6 Å². The molecule has 0 bridgehead atoms. The van der Waals surface area contributed by atoms with E-state index in [0.717, 1.165) is 45.7 Å². The standard InChI is InChI=1S/C15H32N4O2/c1-13(11-16)12-18-6-4-7-19(9-8-18)14(2)15(20)17-5-10-21-3/h13-14H,4-12,16H2,1-3H3,(H,17,20). The summed E-state index contributed by atoms with van der Waals surface area (Å²) in [6.07, 6.45) is 1.10. The topological polar surface area (TPSA) is 70.8 Å². The van der Waals surface area contributed by atoms with Gasteiger partial charge in [-0.05, 0) is 32.4 Å². The molecule has 0 aromatic heterocycles. The van der Waals surface area contributed by atoms with Crippen molar-refractivity contribution in [1.82, 2.24) is 15.1 Å². The summed E-state index contributed by atoms with van der Waals surface area (Å²) in [6.45, 7) is 11.1. The van der Waals surface area contributed by atoms with Crippen LogP contribution < -0.4 is 11.1 Å². The van der Waals surface area contributed by atoms with Crippen molar-refractivity contribution >= 4 is 5.91 Å². The quantitative estimate of drug-likeness (QED) is 0.604. The number of carbonyl (C=O) groups is 1. The third-order valence-corrected chi connectivity index (χ3v) is 4.13. The molecule has 21 heavy (non-hydrogen) atoms. The minimum absolute atomic E-state index is 0.0752. The second kappa shape index (κ2) is 10.1. The average Bonchev–Trinajstić information content (AvgIpc) is 2.72. The molecule has 1 fully saturated rings. The Balaban J connectivity index is 2.37. The van der Waals surface area contributed by atoms with E-state index < -0.39 is 0 Å². The normalized spacial score (nSPS) is 20.8. The summed E-state index contributed by atoms with van der Waals surface area (Å²) in [5.74, 6) is 0.627. The summed E-state index contributed by atoms with van der Waals surface area (Å²) in [4.78, 5) is 16.8. The van der Waals surface area contributed by atoms with Gasteiger partial charge in [0.25, 0.3) is 0 Å². The molecule has 1 aliphatic heterocycles. The lowest BCUT2D eigenvalue weighted by Crippen LogP contribution is -2.47. The van der Waals surface area contributed by atoms with Gasteiger partial charge in [-0.1, -0.05) is 6.92 Å². The predicted molar refractivity (Wildman–Crippen MR) is 85.2 cm³/mol. The van der Waals surface area contributed by atoms with Gasteiger partial charge in [0.2, 0.25) is 5.91 Å². The van der Waals surface area contributed by atoms with E-state index in [4.69, 9.17) is 10.5 Å². The van der Waals surface area contributed by atoms with Gasteiger partial charge in [-0.15, -0.1) is 0 Å². The van der Waals surface area contributed by atoms with Gasteiger partial charge in [-0.2, -0.15) is 0 Å². The fraction of sp³-hybridized carbons (Fsp3) is 0.933. The van der Waals surface area contributed by atoms with Gasteiger partial charge in [0.1, 0.15) is 0 Å². The highest BCUT2D eigenvalue weighted by molar-refractivity contribution is 5.81. The Morgan fingerprint density at radius 2 is 2.05 bits per heavy atom. The zero-order chi connectivity index (χ0) is 15.7. The highest BCUT2D eigenvalue weighted by Gasteiger charge is 2.24. The molecule has 3 N–H and O–H groups in total. The molecule has 6 heteroatoms. The number of carbonyl (C=O) groups excluding carboxylic acids is 1. The Morgan fingerprint density at radius 1 is 1.29 bits per heavy atom. The van der Waals surface area contributed by atoms with Crippen LogP contribution in [0.3, 0.4) is 0 Å². The van der Waals surface area contributed by atoms with Crippen LogP contribution in [-0.2, 0) is 9.53 Å². The number of amides is 1. The van der Waals surface area contributed by atoms with Gasteiger partial charge in [0.15, 0.2) is 0 Å². The lowest BCUT2D eigenvalue weighted by molar-refractivity contribution is -0.126. The molecular formula is C15H32N4O2. The summed E-state index contributed by atoms with van der Waals surface area (Å²) in [5.41, 5.74) is 5.70. The van der Waals surface area contributed by atoms with Crippen LogP contribution in [0.4, 0.5) is 0 Å². The number of nitrogens with zero attached hydrogens (tertiary/aromatic N) is 2. The smallest absolute Gasteiger partial charge is 0.237 e. The molecule has 1 amide bonds. The molecule has 0 aromatic rings. The fourth-order valence-electron chi connectivity index (χ4n) is 2.67. The fourth-order valence-corrected chi connectivity index (χ4v) is 2.67. The number of nitrogens with one attached hydrogen (secondary N) is 1. The van der Waals surface area contributed by atoms with Crippen LogP contribution in [0.15, 0.2) is 0 Å². The van der Waals surface area contributed by atoms with Crippen LogP contribution in [0.25, 0.3) is 0 Å². The van der Waals surface area contributed by atoms with E-state index in [9.17, 15) is 4.79 Å². The van der Waals surface area contributed by atoms with Gasteiger partial charge < -0.3 is 20.7 Å². The molecule has 0 aliphatic carbocycles. The van der Waals surface area contributed by atoms with Crippen molar-refractivity contribution in [3.8, 4) is 0 Å². The van der Waals surface area contributed by atoms with Crippen LogP contribution in [0, 0.1) is 5.92 Å². The number of hydrogen-bond acceptors (Lipinski definition) is 5. The van der Waals surface area contributed by atoms with Crippen LogP contribution in [0.5, 0.6) is 0 Å². The molecule has 1 heterocycles. The molecule has 0 radical (unpaired) electrons. The molecule has 2 unspecified atom stereocenters. The van der Waals surface area contributed by atoms with Gasteiger partial charge >= 0.3 is 0 Å². The highest BCUT2D eigenvalue weighted by atomic mass is 16.5. The molecule has 2 atom stereocenters. The summed E-state index contributed by atoms with van der Waals surface area (Å²) in [7, 11) is 1.64. The van der Waals surface area contributed by atoms with Crippen LogP contribution >= 0.6 is 0 Å². The Morgan fingerprint density at radius 3 is 2.71 bits per heavy atom. The van der Waals surface area contributed by atoms with E-state index >= 15 is 0 Å². The summed E-state index contributed by atoms with van der Waals surface area (Å²) < 4.78 is 4.95. The zero-order valence-electron chi connectivity index (χ0n) is 13.8. The van der Waals surface area contributed by atoms with E-state index in [1.807, 2.05) is 6.92 Å². The third-order valence-electron chi connectivity index (χ3n) is 4.13. The lowest BCUT2D eigenvalue weighted by atomic mass is 10.1. The maximum absolute atomic E-state index is 12.1. The largest absolute Gasteiger partial charge is 0.383 e. The summed E-state index contributed by atoms with van der Waals surface area (Å²) >= 11 is 0. The number of rotatable bonds is 8. The van der Waals surface area contributed by atoms with E-state index in [2.05, 4.69) is 22.0 Å². The Kier molecular flexibility index (Phi) is 8.84. The third kappa shape index (κ3) is 6.74. The second-order valence-electron chi connectivity index (χ2n) is 5.99. The van der Waals surface area contributed by atoms with Crippen molar-refractivity contribution < 1.29 is 9.53 Å². The molecule has 0 aromatic carbocycles. The van der Waals surface area contributed by atoms with E-state index in [-0.39, 0.29) is 11.9 Å². The molecule has 1 aliphatic rings. The number of ether oxygens (including phenoxy) is 1. The Labute approximate surface area is 129 Å². The van der Waals surface area contributed by atoms with Crippen molar-refractivity contribution in [3.63, 3.8) is 0 Å². The van der Waals surface area contributed by atoms with Crippen molar-refractivity contribution in [3.05, 3.63) is 0 Å². The van der Waals surface area contributed by atoms with Gasteiger partial charge in [-0.3, -0.25) is 9.69 Å². The molecule has 6 nitrogen and oxygen atoms in total. The van der Waals surface area contributed by atoms with Crippen molar-refractivity contribution in [2.75, 3.05) is 59.5 Å². The van der Waals surface area contributed by atoms with Crippen LogP contribution in [-0.4, -0.2) is 81.3 Å². The van der Waals surface area contributed by atoms with E-state index in [1.165, 1.54) is 0 Å². The van der Waals surface area contributed by atoms with Gasteiger partial charge in [0, 0.05) is 39.8 Å². The molecule has 0 saturated carbocycles. The number of nitrogens with two attached hydrogens (primary N) is 1. The number of hydrogen-bond donors (Lipinski definition) is 2. The van der Waals surface area contributed by atoms with Crippen LogP contribution in [0.2, 0.25) is 0 Å². The molecule has 1 saturated heterocycles. The molecule has 0 spiro atoms. The van der Waals surface area contributed by atoms with Crippen molar-refractivity contribution in [1.29, 1.82) is 0 Å². The minimum atomic E-state index is -0.0752. The predicted octanol–water partition coefficient (Wildman–Crippen LogP) is -0.260. The SMILES string of the molecule is COCCNC(=O)C(C)N1CCCN(CC(C)CN)CC1. The zero-order valence-corrected chi connectivity index (χ0v) is 13.8. The highest BCUT2D eigenvalue weighted by Crippen LogP contribution is 2.09. The monoisotopic (exact) mass is 300 g/mol. The van der Waals surface area contributed by atoms with Crippen molar-refractivity contribution in [2.24, 2.45) is 11.7 Å². The maximum Gasteiger partial charge on any atom is 0.237 e. The average molecular weight is 300 g/mol. The summed E-state index contributed by atoms with van der Waals surface area (Å²) in [5, 5.41) is 2.92.